The zero-order chi connectivity index (χ0) is 21.5. The van der Waals surface area contributed by atoms with Gasteiger partial charge in [-0.3, -0.25) is 4.79 Å². The molecule has 0 saturated heterocycles. The second-order valence-electron chi connectivity index (χ2n) is 7.39. The fourth-order valence-electron chi connectivity index (χ4n) is 3.35. The van der Waals surface area contributed by atoms with E-state index >= 15 is 0 Å². The van der Waals surface area contributed by atoms with Gasteiger partial charge in [0, 0.05) is 0 Å². The van der Waals surface area contributed by atoms with Crippen LogP contribution in [0.1, 0.15) is 37.9 Å². The van der Waals surface area contributed by atoms with Gasteiger partial charge in [-0.2, -0.15) is 0 Å². The number of hydrogen-bond donors (Lipinski definition) is 1. The number of benzene rings is 2. The quantitative estimate of drug-likeness (QED) is 0.698. The maximum atomic E-state index is 12.6. The van der Waals surface area contributed by atoms with Crippen molar-refractivity contribution in [3.8, 4) is 23.0 Å². The van der Waals surface area contributed by atoms with Crippen molar-refractivity contribution >= 4 is 12.0 Å². The molecule has 0 bridgehead atoms. The standard InChI is InChI=1S/C24H29NO5/c1-5-6-17-7-9-19(21(13-17)27-4)30-15-23(26)25-24(16(2)3)18-8-10-20-22(14-18)29-12-11-28-20/h5-10,13-14,16,24H,11-12,15H2,1-4H3,(H,25,26)/b6-5+/t24-/m0/s1. The molecule has 0 saturated carbocycles. The zero-order valence-electron chi connectivity index (χ0n) is 17.9. The minimum atomic E-state index is -0.205. The maximum absolute atomic E-state index is 12.6. The van der Waals surface area contributed by atoms with Crippen LogP contribution in [0.15, 0.2) is 42.5 Å². The van der Waals surface area contributed by atoms with E-state index in [0.29, 0.717) is 30.5 Å². The van der Waals surface area contributed by atoms with E-state index in [1.807, 2.05) is 55.5 Å². The number of rotatable bonds is 8. The molecule has 0 fully saturated rings. The van der Waals surface area contributed by atoms with Crippen molar-refractivity contribution in [3.05, 3.63) is 53.6 Å². The summed E-state index contributed by atoms with van der Waals surface area (Å²) in [4.78, 5) is 12.6. The fraction of sp³-hybridized carbons (Fsp3) is 0.375. The Bertz CT molecular complexity index is 906. The van der Waals surface area contributed by atoms with Crippen LogP contribution in [0.3, 0.4) is 0 Å². The molecule has 0 spiro atoms. The van der Waals surface area contributed by atoms with E-state index < -0.39 is 0 Å². The summed E-state index contributed by atoms with van der Waals surface area (Å²) in [5.41, 5.74) is 1.97. The summed E-state index contributed by atoms with van der Waals surface area (Å²) in [6.07, 6.45) is 3.92. The third-order valence-electron chi connectivity index (χ3n) is 4.81. The highest BCUT2D eigenvalue weighted by molar-refractivity contribution is 5.78. The van der Waals surface area contributed by atoms with Crippen LogP contribution in [-0.4, -0.2) is 32.8 Å². The van der Waals surface area contributed by atoms with Gasteiger partial charge in [0.2, 0.25) is 0 Å². The zero-order valence-corrected chi connectivity index (χ0v) is 17.9. The van der Waals surface area contributed by atoms with E-state index in [2.05, 4.69) is 19.2 Å². The Morgan fingerprint density at radius 3 is 2.57 bits per heavy atom. The first-order valence-electron chi connectivity index (χ1n) is 10.1. The number of amides is 1. The molecule has 1 atom stereocenters. The molecule has 2 aromatic rings. The van der Waals surface area contributed by atoms with Gasteiger partial charge < -0.3 is 24.3 Å². The first kappa shape index (κ1) is 21.6. The van der Waals surface area contributed by atoms with Crippen LogP contribution in [0, 0.1) is 5.92 Å². The van der Waals surface area contributed by atoms with Gasteiger partial charge >= 0.3 is 0 Å². The SMILES string of the molecule is C/C=C/c1ccc(OCC(=O)N[C@H](c2ccc3c(c2)OCCO3)C(C)C)c(OC)c1. The Morgan fingerprint density at radius 1 is 1.10 bits per heavy atom. The Hall–Kier alpha value is -3.15. The summed E-state index contributed by atoms with van der Waals surface area (Å²) in [5, 5.41) is 3.07. The van der Waals surface area contributed by atoms with E-state index in [0.717, 1.165) is 16.9 Å². The average molecular weight is 411 g/mol. The first-order chi connectivity index (χ1) is 14.5. The predicted molar refractivity (Wildman–Crippen MR) is 116 cm³/mol. The van der Waals surface area contributed by atoms with E-state index in [1.54, 1.807) is 7.11 Å². The van der Waals surface area contributed by atoms with Crippen LogP contribution in [0.4, 0.5) is 0 Å². The maximum Gasteiger partial charge on any atom is 0.258 e. The second kappa shape index (κ2) is 10.1. The molecule has 0 aromatic heterocycles. The van der Waals surface area contributed by atoms with Gasteiger partial charge in [0.15, 0.2) is 29.6 Å². The van der Waals surface area contributed by atoms with E-state index in [9.17, 15) is 4.79 Å². The summed E-state index contributed by atoms with van der Waals surface area (Å²) in [5.74, 6) is 2.54. The van der Waals surface area contributed by atoms with E-state index in [4.69, 9.17) is 18.9 Å². The molecule has 1 N–H and O–H groups in total. The normalized spacial score (nSPS) is 13.9. The van der Waals surface area contributed by atoms with Gasteiger partial charge in [0.05, 0.1) is 13.2 Å². The number of ether oxygens (including phenoxy) is 4. The van der Waals surface area contributed by atoms with Gasteiger partial charge in [-0.05, 0) is 48.2 Å². The minimum absolute atomic E-state index is 0.104. The van der Waals surface area contributed by atoms with Gasteiger partial charge in [-0.25, -0.2) is 0 Å². The molecule has 0 unspecified atom stereocenters. The number of nitrogens with one attached hydrogen (secondary N) is 1. The summed E-state index contributed by atoms with van der Waals surface area (Å²) in [7, 11) is 1.58. The van der Waals surface area contributed by atoms with Crippen molar-refractivity contribution in [1.82, 2.24) is 5.32 Å². The van der Waals surface area contributed by atoms with Crippen molar-refractivity contribution in [1.29, 1.82) is 0 Å². The van der Waals surface area contributed by atoms with Crippen LogP contribution < -0.4 is 24.3 Å². The summed E-state index contributed by atoms with van der Waals surface area (Å²) in [6, 6.07) is 11.2. The lowest BCUT2D eigenvalue weighted by molar-refractivity contribution is -0.124. The molecule has 160 valence electrons. The third-order valence-corrected chi connectivity index (χ3v) is 4.81. The van der Waals surface area contributed by atoms with Crippen molar-refractivity contribution in [3.63, 3.8) is 0 Å². The molecule has 1 amide bonds. The lowest BCUT2D eigenvalue weighted by atomic mass is 9.95. The molecule has 6 heteroatoms. The van der Waals surface area contributed by atoms with Crippen LogP contribution in [-0.2, 0) is 4.79 Å². The lowest BCUT2D eigenvalue weighted by Crippen LogP contribution is -2.35. The predicted octanol–water partition coefficient (Wildman–Crippen LogP) is 4.39. The highest BCUT2D eigenvalue weighted by atomic mass is 16.6. The number of methoxy groups -OCH3 is 1. The second-order valence-corrected chi connectivity index (χ2v) is 7.39. The summed E-state index contributed by atoms with van der Waals surface area (Å²) >= 11 is 0. The van der Waals surface area contributed by atoms with Crippen molar-refractivity contribution < 1.29 is 23.7 Å². The fourth-order valence-corrected chi connectivity index (χ4v) is 3.35. The smallest absolute Gasteiger partial charge is 0.258 e. The molecule has 1 aliphatic rings. The van der Waals surface area contributed by atoms with E-state index in [1.165, 1.54) is 0 Å². The molecule has 6 nitrogen and oxygen atoms in total. The Kier molecular flexibility index (Phi) is 7.22. The summed E-state index contributed by atoms with van der Waals surface area (Å²) in [6.45, 7) is 7.04. The molecule has 1 heterocycles. The Labute approximate surface area is 177 Å². The van der Waals surface area contributed by atoms with Crippen LogP contribution in [0.25, 0.3) is 6.08 Å². The number of allylic oxidation sites excluding steroid dienone is 1. The highest BCUT2D eigenvalue weighted by Crippen LogP contribution is 2.34. The van der Waals surface area contributed by atoms with Crippen molar-refractivity contribution in [2.24, 2.45) is 5.92 Å². The Balaban J connectivity index is 1.66. The number of hydrogen-bond acceptors (Lipinski definition) is 5. The van der Waals surface area contributed by atoms with Crippen LogP contribution in [0.5, 0.6) is 23.0 Å². The van der Waals surface area contributed by atoms with Crippen molar-refractivity contribution in [2.75, 3.05) is 26.9 Å². The van der Waals surface area contributed by atoms with Gasteiger partial charge in [-0.15, -0.1) is 0 Å². The topological polar surface area (TPSA) is 66.0 Å². The van der Waals surface area contributed by atoms with Gasteiger partial charge in [0.1, 0.15) is 13.2 Å². The monoisotopic (exact) mass is 411 g/mol. The molecule has 3 rings (SSSR count). The number of carbonyl (C=O) groups excluding carboxylic acids is 1. The Morgan fingerprint density at radius 2 is 1.87 bits per heavy atom. The summed E-state index contributed by atoms with van der Waals surface area (Å²) < 4.78 is 22.4. The molecule has 2 aromatic carbocycles. The molecule has 30 heavy (non-hydrogen) atoms. The molecule has 1 aliphatic heterocycles. The highest BCUT2D eigenvalue weighted by Gasteiger charge is 2.22. The molecular formula is C24H29NO5. The molecular weight excluding hydrogens is 382 g/mol. The third kappa shape index (κ3) is 5.26. The largest absolute Gasteiger partial charge is 0.493 e. The minimum Gasteiger partial charge on any atom is -0.493 e. The molecule has 0 aliphatic carbocycles. The first-order valence-corrected chi connectivity index (χ1v) is 10.1. The van der Waals surface area contributed by atoms with Crippen LogP contribution in [0.2, 0.25) is 0 Å². The van der Waals surface area contributed by atoms with Crippen molar-refractivity contribution in [2.45, 2.75) is 26.8 Å². The number of carbonyl (C=O) groups is 1. The van der Waals surface area contributed by atoms with Gasteiger partial charge in [-0.1, -0.05) is 38.1 Å². The number of fused-ring (bicyclic) bond motifs is 1. The van der Waals surface area contributed by atoms with E-state index in [-0.39, 0.29) is 24.5 Å². The molecule has 0 radical (unpaired) electrons. The lowest BCUT2D eigenvalue weighted by Gasteiger charge is -2.25. The average Bonchev–Trinajstić information content (AvgIpc) is 2.76. The van der Waals surface area contributed by atoms with Gasteiger partial charge in [0.25, 0.3) is 5.91 Å². The van der Waals surface area contributed by atoms with Crippen LogP contribution >= 0.6 is 0 Å².